The highest BCUT2D eigenvalue weighted by Gasteiger charge is 2.33. The van der Waals surface area contributed by atoms with Gasteiger partial charge in [0.25, 0.3) is 0 Å². The molecule has 0 spiro atoms. The van der Waals surface area contributed by atoms with Gasteiger partial charge in [-0.15, -0.1) is 0 Å². The fourth-order valence-electron chi connectivity index (χ4n) is 2.89. The second-order valence-electron chi connectivity index (χ2n) is 6.44. The molecule has 0 fully saturated rings. The highest BCUT2D eigenvalue weighted by Crippen LogP contribution is 2.20. The Morgan fingerprint density at radius 2 is 1.11 bits per heavy atom. The van der Waals surface area contributed by atoms with Gasteiger partial charge in [-0.25, -0.2) is 14.9 Å². The van der Waals surface area contributed by atoms with Crippen molar-refractivity contribution in [3.8, 4) is 0 Å². The van der Waals surface area contributed by atoms with Crippen molar-refractivity contribution in [2.75, 3.05) is 0 Å². The summed E-state index contributed by atoms with van der Waals surface area (Å²) in [5.74, 6) is 2.55. The number of nitrogens with zero attached hydrogens (tertiary/aromatic N) is 7. The molecule has 2 aromatic carbocycles. The van der Waals surface area contributed by atoms with E-state index in [9.17, 15) is 0 Å². The lowest BCUT2D eigenvalue weighted by Crippen LogP contribution is -2.47. The Kier molecular flexibility index (Phi) is 3.39. The first kappa shape index (κ1) is 15.5. The molecule has 3 aliphatic rings. The maximum atomic E-state index is 4.65. The Labute approximate surface area is 156 Å². The Bertz CT molecular complexity index is 1070. The van der Waals surface area contributed by atoms with Crippen molar-refractivity contribution in [1.29, 1.82) is 0 Å². The van der Waals surface area contributed by atoms with Crippen LogP contribution in [0.2, 0.25) is 0 Å². The lowest BCUT2D eigenvalue weighted by molar-refractivity contribution is 0.831. The average molecular weight is 353 g/mol. The van der Waals surface area contributed by atoms with Gasteiger partial charge in [0.15, 0.2) is 11.7 Å². The standard InChI is InChI=1S/C20H15N7/c1-12-3-7-14(8-4-12)16-23-18-21-11-22-19-24-17(26-20(25-16)27(18)19)15-9-5-13(2)6-10-15/h3-11H,1-2H3. The van der Waals surface area contributed by atoms with E-state index in [1.54, 1.807) is 4.90 Å². The summed E-state index contributed by atoms with van der Waals surface area (Å²) >= 11 is 0. The summed E-state index contributed by atoms with van der Waals surface area (Å²) in [6.07, 6.45) is 1.46. The first-order valence-electron chi connectivity index (χ1n) is 8.57. The van der Waals surface area contributed by atoms with Crippen LogP contribution in [0.3, 0.4) is 0 Å². The number of aliphatic imine (C=N–C) groups is 6. The second kappa shape index (κ2) is 5.91. The number of hydrogen-bond acceptors (Lipinski definition) is 7. The number of amidine groups is 2. The third-order valence-corrected chi connectivity index (χ3v) is 4.39. The van der Waals surface area contributed by atoms with Crippen molar-refractivity contribution in [3.05, 3.63) is 70.8 Å². The molecule has 0 N–H and O–H groups in total. The van der Waals surface area contributed by atoms with Gasteiger partial charge in [-0.3, -0.25) is 0 Å². The topological polar surface area (TPSA) is 77.4 Å². The minimum absolute atomic E-state index is 0.469. The molecule has 0 amide bonds. The van der Waals surface area contributed by atoms with Gasteiger partial charge in [0, 0.05) is 11.1 Å². The highest BCUT2D eigenvalue weighted by molar-refractivity contribution is 6.31. The van der Waals surface area contributed by atoms with Gasteiger partial charge in [-0.2, -0.15) is 20.0 Å². The fourth-order valence-corrected chi connectivity index (χ4v) is 2.89. The molecule has 0 atom stereocenters. The highest BCUT2D eigenvalue weighted by atomic mass is 15.5. The molecule has 0 unspecified atom stereocenters. The third kappa shape index (κ3) is 2.69. The van der Waals surface area contributed by atoms with Crippen LogP contribution in [0.25, 0.3) is 0 Å². The lowest BCUT2D eigenvalue weighted by Gasteiger charge is -2.29. The van der Waals surface area contributed by atoms with Crippen LogP contribution >= 0.6 is 0 Å². The summed E-state index contributed by atoms with van der Waals surface area (Å²) < 4.78 is 0. The summed E-state index contributed by atoms with van der Waals surface area (Å²) in [6.45, 7) is 4.09. The number of benzene rings is 2. The molecule has 0 saturated heterocycles. The molecule has 27 heavy (non-hydrogen) atoms. The van der Waals surface area contributed by atoms with Crippen LogP contribution in [-0.2, 0) is 0 Å². The van der Waals surface area contributed by atoms with Crippen LogP contribution in [0.15, 0.2) is 78.5 Å². The summed E-state index contributed by atoms with van der Waals surface area (Å²) in [5, 5.41) is 0. The van der Waals surface area contributed by atoms with Gasteiger partial charge < -0.3 is 0 Å². The molecule has 7 nitrogen and oxygen atoms in total. The molecule has 0 aromatic heterocycles. The quantitative estimate of drug-likeness (QED) is 0.818. The van der Waals surface area contributed by atoms with Gasteiger partial charge in [-0.05, 0) is 13.8 Å². The van der Waals surface area contributed by atoms with Crippen LogP contribution in [0.1, 0.15) is 22.3 Å². The zero-order chi connectivity index (χ0) is 18.4. The van der Waals surface area contributed by atoms with E-state index in [-0.39, 0.29) is 0 Å². The first-order valence-corrected chi connectivity index (χ1v) is 8.57. The summed E-state index contributed by atoms with van der Waals surface area (Å²) in [4.78, 5) is 28.6. The zero-order valence-electron chi connectivity index (χ0n) is 14.8. The lowest BCUT2D eigenvalue weighted by atomic mass is 10.1. The Morgan fingerprint density at radius 3 is 1.70 bits per heavy atom. The van der Waals surface area contributed by atoms with Crippen LogP contribution in [-0.4, -0.2) is 40.8 Å². The normalized spacial score (nSPS) is 17.4. The Balaban J connectivity index is 1.63. The van der Waals surface area contributed by atoms with Gasteiger partial charge in [0.1, 0.15) is 6.34 Å². The van der Waals surface area contributed by atoms with E-state index in [0.717, 1.165) is 11.1 Å². The van der Waals surface area contributed by atoms with Crippen molar-refractivity contribution in [2.45, 2.75) is 13.8 Å². The number of rotatable bonds is 2. The van der Waals surface area contributed by atoms with E-state index in [2.05, 4.69) is 30.0 Å². The molecule has 0 saturated carbocycles. The fraction of sp³-hybridized carbons (Fsp3) is 0.100. The number of aryl methyl sites for hydroxylation is 2. The Hall–Kier alpha value is -3.74. The van der Waals surface area contributed by atoms with Crippen molar-refractivity contribution in [2.24, 2.45) is 30.0 Å². The van der Waals surface area contributed by atoms with Crippen molar-refractivity contribution < 1.29 is 0 Å². The van der Waals surface area contributed by atoms with Crippen LogP contribution in [0, 0.1) is 13.8 Å². The molecule has 3 aliphatic heterocycles. The summed E-state index contributed by atoms with van der Waals surface area (Å²) in [7, 11) is 0. The summed E-state index contributed by atoms with van der Waals surface area (Å²) in [6, 6.07) is 16.1. The SMILES string of the molecule is Cc1ccc(C2=NC3=NC=NC4=NC(c5ccc(C)cc5)=NC(=N2)N34)cc1. The van der Waals surface area contributed by atoms with Crippen LogP contribution in [0.5, 0.6) is 0 Å². The predicted molar refractivity (Wildman–Crippen MR) is 108 cm³/mol. The second-order valence-corrected chi connectivity index (χ2v) is 6.44. The van der Waals surface area contributed by atoms with E-state index in [4.69, 9.17) is 0 Å². The smallest absolute Gasteiger partial charge is 0.213 e. The summed E-state index contributed by atoms with van der Waals surface area (Å²) in [5.41, 5.74) is 4.18. The zero-order valence-corrected chi connectivity index (χ0v) is 14.8. The molecule has 0 radical (unpaired) electrons. The monoisotopic (exact) mass is 353 g/mol. The number of guanidine groups is 3. The van der Waals surface area contributed by atoms with Gasteiger partial charge in [-0.1, -0.05) is 59.7 Å². The van der Waals surface area contributed by atoms with E-state index in [1.165, 1.54) is 17.5 Å². The minimum Gasteiger partial charge on any atom is -0.213 e. The van der Waals surface area contributed by atoms with E-state index in [0.29, 0.717) is 29.5 Å². The van der Waals surface area contributed by atoms with Crippen molar-refractivity contribution in [3.63, 3.8) is 0 Å². The van der Waals surface area contributed by atoms with Gasteiger partial charge in [0.2, 0.25) is 17.9 Å². The molecule has 7 heteroatoms. The minimum atomic E-state index is 0.469. The molecule has 0 aliphatic carbocycles. The predicted octanol–water partition coefficient (Wildman–Crippen LogP) is 2.94. The number of hydrogen-bond donors (Lipinski definition) is 0. The van der Waals surface area contributed by atoms with E-state index in [1.807, 2.05) is 62.4 Å². The third-order valence-electron chi connectivity index (χ3n) is 4.39. The molecular weight excluding hydrogens is 338 g/mol. The molecule has 2 aromatic rings. The van der Waals surface area contributed by atoms with Crippen LogP contribution in [0.4, 0.5) is 0 Å². The molecule has 130 valence electrons. The van der Waals surface area contributed by atoms with E-state index >= 15 is 0 Å². The van der Waals surface area contributed by atoms with E-state index < -0.39 is 0 Å². The van der Waals surface area contributed by atoms with Crippen LogP contribution < -0.4 is 0 Å². The average Bonchev–Trinajstić information content (AvgIpc) is 2.69. The molecular formula is C20H15N7. The molecule has 5 rings (SSSR count). The largest absolute Gasteiger partial charge is 0.243 e. The molecule has 3 heterocycles. The maximum absolute atomic E-state index is 4.65. The van der Waals surface area contributed by atoms with Gasteiger partial charge >= 0.3 is 0 Å². The molecule has 0 bridgehead atoms. The first-order chi connectivity index (χ1) is 13.2. The maximum Gasteiger partial charge on any atom is 0.243 e. The van der Waals surface area contributed by atoms with Crippen molar-refractivity contribution >= 4 is 35.9 Å². The van der Waals surface area contributed by atoms with Gasteiger partial charge in [0.05, 0.1) is 0 Å². The Morgan fingerprint density at radius 1 is 0.593 bits per heavy atom. The van der Waals surface area contributed by atoms with Crippen molar-refractivity contribution in [1.82, 2.24) is 4.90 Å².